The highest BCUT2D eigenvalue weighted by molar-refractivity contribution is 5.61. The zero-order chi connectivity index (χ0) is 11.5. The average molecular weight is 219 g/mol. The summed E-state index contributed by atoms with van der Waals surface area (Å²) >= 11 is 0. The number of aromatic hydroxyl groups is 1. The number of hydrogen-bond donors (Lipinski definition) is 1. The number of hydrogen-bond acceptors (Lipinski definition) is 3. The normalized spacial score (nSPS) is 10.1. The van der Waals surface area contributed by atoms with E-state index < -0.39 is 5.82 Å². The van der Waals surface area contributed by atoms with Crippen molar-refractivity contribution in [3.63, 3.8) is 0 Å². The number of ether oxygens (including phenoxy) is 1. The Morgan fingerprint density at radius 1 is 1.25 bits per heavy atom. The summed E-state index contributed by atoms with van der Waals surface area (Å²) in [5.41, 5.74) is 1.38. The smallest absolute Gasteiger partial charge is 0.165 e. The lowest BCUT2D eigenvalue weighted by molar-refractivity contribution is 0.387. The van der Waals surface area contributed by atoms with Crippen LogP contribution in [0.25, 0.3) is 11.3 Å². The first kappa shape index (κ1) is 10.4. The molecule has 82 valence electrons. The van der Waals surface area contributed by atoms with Crippen molar-refractivity contribution < 1.29 is 14.2 Å². The van der Waals surface area contributed by atoms with Gasteiger partial charge in [-0.05, 0) is 30.3 Å². The first-order valence-corrected chi connectivity index (χ1v) is 4.69. The molecule has 1 aromatic carbocycles. The highest BCUT2D eigenvalue weighted by Gasteiger charge is 2.05. The lowest BCUT2D eigenvalue weighted by Crippen LogP contribution is -1.89. The Kier molecular flexibility index (Phi) is 2.72. The number of rotatable bonds is 2. The fourth-order valence-corrected chi connectivity index (χ4v) is 1.38. The molecule has 0 atom stereocenters. The second-order valence-corrected chi connectivity index (χ2v) is 3.25. The van der Waals surface area contributed by atoms with Crippen LogP contribution in [0.4, 0.5) is 4.39 Å². The Labute approximate surface area is 92.1 Å². The highest BCUT2D eigenvalue weighted by Crippen LogP contribution is 2.25. The van der Waals surface area contributed by atoms with Crippen molar-refractivity contribution >= 4 is 0 Å². The van der Waals surface area contributed by atoms with Gasteiger partial charge in [0.15, 0.2) is 11.6 Å². The summed E-state index contributed by atoms with van der Waals surface area (Å²) in [5.74, 6) is -0.143. The summed E-state index contributed by atoms with van der Waals surface area (Å²) < 4.78 is 18.0. The van der Waals surface area contributed by atoms with Gasteiger partial charge < -0.3 is 9.84 Å². The number of methoxy groups -OCH3 is 1. The van der Waals surface area contributed by atoms with E-state index in [0.29, 0.717) is 5.69 Å². The van der Waals surface area contributed by atoms with Crippen molar-refractivity contribution in [3.8, 4) is 22.8 Å². The Morgan fingerprint density at radius 3 is 2.69 bits per heavy atom. The molecule has 16 heavy (non-hydrogen) atoms. The third kappa shape index (κ3) is 1.95. The van der Waals surface area contributed by atoms with Crippen LogP contribution in [0.15, 0.2) is 36.5 Å². The summed E-state index contributed by atoms with van der Waals surface area (Å²) in [5, 5.41) is 9.10. The largest absolute Gasteiger partial charge is 0.506 e. The van der Waals surface area contributed by atoms with E-state index in [2.05, 4.69) is 4.98 Å². The van der Waals surface area contributed by atoms with Gasteiger partial charge in [0, 0.05) is 5.56 Å². The van der Waals surface area contributed by atoms with Gasteiger partial charge in [-0.1, -0.05) is 0 Å². The quantitative estimate of drug-likeness (QED) is 0.844. The molecular formula is C12H10FNO2. The van der Waals surface area contributed by atoms with Crippen molar-refractivity contribution in [1.82, 2.24) is 4.98 Å². The third-order valence-electron chi connectivity index (χ3n) is 2.19. The van der Waals surface area contributed by atoms with E-state index in [1.54, 1.807) is 18.2 Å². The van der Waals surface area contributed by atoms with Crippen molar-refractivity contribution in [2.24, 2.45) is 0 Å². The summed E-state index contributed by atoms with van der Waals surface area (Å²) in [7, 11) is 1.41. The standard InChI is InChI=1S/C12H10FNO2/c1-16-12-6-8(2-4-10(12)13)11-5-3-9(15)7-14-11/h2-7,15H,1H3. The maximum absolute atomic E-state index is 13.2. The summed E-state index contributed by atoms with van der Waals surface area (Å²) in [6.07, 6.45) is 1.34. The molecule has 0 aliphatic rings. The molecule has 1 N–H and O–H groups in total. The van der Waals surface area contributed by atoms with Gasteiger partial charge in [-0.15, -0.1) is 0 Å². The molecule has 0 bridgehead atoms. The van der Waals surface area contributed by atoms with Gasteiger partial charge in [0.2, 0.25) is 0 Å². The number of aromatic nitrogens is 1. The number of pyridine rings is 1. The van der Waals surface area contributed by atoms with E-state index in [4.69, 9.17) is 9.84 Å². The van der Waals surface area contributed by atoms with Crippen molar-refractivity contribution in [1.29, 1.82) is 0 Å². The van der Waals surface area contributed by atoms with Gasteiger partial charge in [0.25, 0.3) is 0 Å². The maximum atomic E-state index is 13.2. The number of benzene rings is 1. The predicted octanol–water partition coefficient (Wildman–Crippen LogP) is 2.60. The van der Waals surface area contributed by atoms with Gasteiger partial charge in [-0.25, -0.2) is 4.39 Å². The minimum Gasteiger partial charge on any atom is -0.506 e. The Bertz CT molecular complexity index is 497. The van der Waals surface area contributed by atoms with E-state index >= 15 is 0 Å². The van der Waals surface area contributed by atoms with Crippen LogP contribution in [-0.2, 0) is 0 Å². The molecule has 3 nitrogen and oxygen atoms in total. The molecule has 0 radical (unpaired) electrons. The van der Waals surface area contributed by atoms with Crippen molar-refractivity contribution in [2.75, 3.05) is 7.11 Å². The minimum atomic E-state index is -0.412. The Morgan fingerprint density at radius 2 is 2.06 bits per heavy atom. The van der Waals surface area contributed by atoms with Gasteiger partial charge in [0.05, 0.1) is 19.0 Å². The zero-order valence-corrected chi connectivity index (χ0v) is 8.64. The molecule has 0 aliphatic carbocycles. The molecule has 2 rings (SSSR count). The van der Waals surface area contributed by atoms with E-state index in [0.717, 1.165) is 5.56 Å². The molecule has 0 aliphatic heterocycles. The second kappa shape index (κ2) is 4.18. The van der Waals surface area contributed by atoms with Crippen LogP contribution in [0.1, 0.15) is 0 Å². The topological polar surface area (TPSA) is 42.4 Å². The molecule has 0 unspecified atom stereocenters. The molecule has 0 fully saturated rings. The lowest BCUT2D eigenvalue weighted by Gasteiger charge is -2.05. The minimum absolute atomic E-state index is 0.0952. The van der Waals surface area contributed by atoms with Gasteiger partial charge in [-0.2, -0.15) is 0 Å². The summed E-state index contributed by atoms with van der Waals surface area (Å²) in [4.78, 5) is 4.03. The molecule has 4 heteroatoms. The fourth-order valence-electron chi connectivity index (χ4n) is 1.38. The molecule has 0 saturated heterocycles. The van der Waals surface area contributed by atoms with Crippen LogP contribution in [0.3, 0.4) is 0 Å². The first-order chi connectivity index (χ1) is 7.70. The van der Waals surface area contributed by atoms with E-state index in [1.807, 2.05) is 0 Å². The second-order valence-electron chi connectivity index (χ2n) is 3.25. The number of nitrogens with zero attached hydrogens (tertiary/aromatic N) is 1. The fraction of sp³-hybridized carbons (Fsp3) is 0.0833. The van der Waals surface area contributed by atoms with Crippen molar-refractivity contribution in [2.45, 2.75) is 0 Å². The third-order valence-corrected chi connectivity index (χ3v) is 2.19. The van der Waals surface area contributed by atoms with Crippen LogP contribution in [0, 0.1) is 5.82 Å². The molecule has 1 aromatic heterocycles. The number of halogens is 1. The van der Waals surface area contributed by atoms with E-state index in [-0.39, 0.29) is 11.5 Å². The predicted molar refractivity (Wildman–Crippen MR) is 57.8 cm³/mol. The molecule has 0 amide bonds. The monoisotopic (exact) mass is 219 g/mol. The molecule has 1 heterocycles. The van der Waals surface area contributed by atoms with Crippen LogP contribution in [0.5, 0.6) is 11.5 Å². The van der Waals surface area contributed by atoms with Crippen LogP contribution in [0.2, 0.25) is 0 Å². The summed E-state index contributed by atoms with van der Waals surface area (Å²) in [6.45, 7) is 0. The first-order valence-electron chi connectivity index (χ1n) is 4.69. The van der Waals surface area contributed by atoms with Crippen LogP contribution in [-0.4, -0.2) is 17.2 Å². The molecule has 2 aromatic rings. The average Bonchev–Trinajstić information content (AvgIpc) is 2.31. The van der Waals surface area contributed by atoms with Crippen LogP contribution < -0.4 is 4.74 Å². The zero-order valence-electron chi connectivity index (χ0n) is 8.64. The SMILES string of the molecule is COc1cc(-c2ccc(O)cn2)ccc1F. The van der Waals surface area contributed by atoms with E-state index in [9.17, 15) is 4.39 Å². The lowest BCUT2D eigenvalue weighted by atomic mass is 10.1. The maximum Gasteiger partial charge on any atom is 0.165 e. The van der Waals surface area contributed by atoms with Gasteiger partial charge in [0.1, 0.15) is 5.75 Å². The Balaban J connectivity index is 2.44. The molecule has 0 saturated carbocycles. The molecular weight excluding hydrogens is 209 g/mol. The van der Waals surface area contributed by atoms with Crippen molar-refractivity contribution in [3.05, 3.63) is 42.3 Å². The van der Waals surface area contributed by atoms with Gasteiger partial charge in [-0.3, -0.25) is 4.98 Å². The molecule has 0 spiro atoms. The highest BCUT2D eigenvalue weighted by atomic mass is 19.1. The summed E-state index contributed by atoms with van der Waals surface area (Å²) in [6, 6.07) is 7.68. The van der Waals surface area contributed by atoms with Gasteiger partial charge >= 0.3 is 0 Å². The van der Waals surface area contributed by atoms with E-state index in [1.165, 1.54) is 25.4 Å². The van der Waals surface area contributed by atoms with Crippen LogP contribution >= 0.6 is 0 Å². The Hall–Kier alpha value is -2.10.